The summed E-state index contributed by atoms with van der Waals surface area (Å²) < 4.78 is 31.1. The summed E-state index contributed by atoms with van der Waals surface area (Å²) in [5.41, 5.74) is 0.435. The number of sulfonamides is 1. The molecular weight excluding hydrogens is 469 g/mol. The van der Waals surface area contributed by atoms with Crippen LogP contribution in [0, 0.1) is 5.92 Å². The third kappa shape index (κ3) is 7.03. The maximum atomic E-state index is 12.5. The minimum Gasteiger partial charge on any atom is -0.364 e. The van der Waals surface area contributed by atoms with Crippen LogP contribution < -0.4 is 5.32 Å². The molecular formula is C16H30IN5O3S. The van der Waals surface area contributed by atoms with Gasteiger partial charge in [-0.25, -0.2) is 8.42 Å². The summed E-state index contributed by atoms with van der Waals surface area (Å²) in [6, 6.07) is 1.58. The number of nitrogens with zero attached hydrogens (tertiary/aromatic N) is 4. The average molecular weight is 499 g/mol. The second kappa shape index (κ2) is 11.1. The molecule has 26 heavy (non-hydrogen) atoms. The average Bonchev–Trinajstić information content (AvgIpc) is 3.07. The number of hydrogen-bond acceptors (Lipinski definition) is 5. The third-order valence-corrected chi connectivity index (χ3v) is 6.02. The Morgan fingerprint density at radius 3 is 2.58 bits per heavy atom. The van der Waals surface area contributed by atoms with E-state index in [4.69, 9.17) is 4.52 Å². The van der Waals surface area contributed by atoms with Crippen molar-refractivity contribution >= 4 is 40.0 Å². The first-order valence-electron chi connectivity index (χ1n) is 8.75. The van der Waals surface area contributed by atoms with Crippen molar-refractivity contribution in [3.63, 3.8) is 0 Å². The van der Waals surface area contributed by atoms with Gasteiger partial charge in [-0.2, -0.15) is 4.31 Å². The summed E-state index contributed by atoms with van der Waals surface area (Å²) in [5, 5.41) is 7.06. The van der Waals surface area contributed by atoms with Gasteiger partial charge in [0.15, 0.2) is 5.96 Å². The number of nitrogens with one attached hydrogen (secondary N) is 1. The van der Waals surface area contributed by atoms with Gasteiger partial charge in [0.1, 0.15) is 12.0 Å². The number of piperazine rings is 1. The van der Waals surface area contributed by atoms with Crippen molar-refractivity contribution in [1.82, 2.24) is 19.7 Å². The predicted molar refractivity (Wildman–Crippen MR) is 113 cm³/mol. The minimum atomic E-state index is -3.37. The molecule has 0 radical (unpaired) electrons. The molecule has 0 aliphatic carbocycles. The van der Waals surface area contributed by atoms with Crippen molar-refractivity contribution in [1.29, 1.82) is 0 Å². The highest BCUT2D eigenvalue weighted by Gasteiger charge is 2.28. The van der Waals surface area contributed by atoms with Crippen molar-refractivity contribution in [2.24, 2.45) is 10.9 Å². The van der Waals surface area contributed by atoms with Crippen LogP contribution in [0.4, 0.5) is 0 Å². The molecule has 1 N–H and O–H groups in total. The van der Waals surface area contributed by atoms with Crippen molar-refractivity contribution in [2.45, 2.75) is 32.4 Å². The van der Waals surface area contributed by atoms with E-state index >= 15 is 0 Å². The van der Waals surface area contributed by atoms with Crippen LogP contribution in [0.2, 0.25) is 0 Å². The summed E-state index contributed by atoms with van der Waals surface area (Å²) >= 11 is 0. The van der Waals surface area contributed by atoms with Crippen LogP contribution in [0.1, 0.15) is 32.4 Å². The van der Waals surface area contributed by atoms with Crippen LogP contribution in [0.5, 0.6) is 0 Å². The molecule has 1 saturated heterocycles. The van der Waals surface area contributed by atoms with Crippen LogP contribution in [0.15, 0.2) is 21.8 Å². The summed E-state index contributed by atoms with van der Waals surface area (Å²) in [5.74, 6) is 1.42. The van der Waals surface area contributed by atoms with Gasteiger partial charge in [0.05, 0.1) is 5.69 Å². The van der Waals surface area contributed by atoms with Gasteiger partial charge in [-0.05, 0) is 18.8 Å². The van der Waals surface area contributed by atoms with E-state index < -0.39 is 10.0 Å². The highest BCUT2D eigenvalue weighted by molar-refractivity contribution is 14.0. The van der Waals surface area contributed by atoms with E-state index in [0.29, 0.717) is 37.8 Å². The lowest BCUT2D eigenvalue weighted by Crippen LogP contribution is -2.54. The molecule has 0 aromatic carbocycles. The number of aliphatic imine (C=N–C) groups is 1. The second-order valence-corrected chi connectivity index (χ2v) is 8.61. The number of hydrogen-bond donors (Lipinski definition) is 1. The molecule has 0 atom stereocenters. The molecule has 150 valence electrons. The number of rotatable bonds is 7. The normalized spacial score (nSPS) is 16.6. The van der Waals surface area contributed by atoms with E-state index in [1.54, 1.807) is 13.1 Å². The topological polar surface area (TPSA) is 91.0 Å². The van der Waals surface area contributed by atoms with Crippen LogP contribution in [0.25, 0.3) is 0 Å². The maximum Gasteiger partial charge on any atom is 0.220 e. The minimum absolute atomic E-state index is 0. The Morgan fingerprint density at radius 1 is 1.35 bits per heavy atom. The van der Waals surface area contributed by atoms with Crippen LogP contribution >= 0.6 is 24.0 Å². The molecule has 1 aliphatic rings. The van der Waals surface area contributed by atoms with Gasteiger partial charge in [0.25, 0.3) is 0 Å². The molecule has 8 nitrogen and oxygen atoms in total. The van der Waals surface area contributed by atoms with Gasteiger partial charge in [-0.1, -0.05) is 19.0 Å². The van der Waals surface area contributed by atoms with E-state index in [1.165, 1.54) is 17.0 Å². The summed E-state index contributed by atoms with van der Waals surface area (Å²) in [4.78, 5) is 6.43. The van der Waals surface area contributed by atoms with Gasteiger partial charge in [-0.15, -0.1) is 24.0 Å². The van der Waals surface area contributed by atoms with Crippen molar-refractivity contribution < 1.29 is 12.9 Å². The molecule has 1 aromatic heterocycles. The largest absolute Gasteiger partial charge is 0.364 e. The molecule has 1 aromatic rings. The summed E-state index contributed by atoms with van der Waals surface area (Å²) in [6.07, 6.45) is 3.67. The fourth-order valence-corrected chi connectivity index (χ4v) is 4.24. The molecule has 1 aliphatic heterocycles. The monoisotopic (exact) mass is 499 g/mol. The maximum absolute atomic E-state index is 12.5. The standard InChI is InChI=1S/C16H29N5O3S.HI/c1-14(2)5-4-7-18-16(17-3)20-8-10-21(11-9-20)25(22,23)13-15-6-12-24-19-15;/h6,12,14H,4-5,7-11,13H2,1-3H3,(H,17,18);1H. The van der Waals surface area contributed by atoms with E-state index in [0.717, 1.165) is 18.9 Å². The number of aromatic nitrogens is 1. The first kappa shape index (κ1) is 23.2. The van der Waals surface area contributed by atoms with Gasteiger partial charge in [0, 0.05) is 45.8 Å². The lowest BCUT2D eigenvalue weighted by atomic mass is 10.1. The molecule has 2 rings (SSSR count). The lowest BCUT2D eigenvalue weighted by molar-refractivity contribution is 0.259. The molecule has 0 saturated carbocycles. The molecule has 10 heteroatoms. The number of halogens is 1. The van der Waals surface area contributed by atoms with Crippen LogP contribution in [-0.2, 0) is 15.8 Å². The van der Waals surface area contributed by atoms with E-state index in [2.05, 4.69) is 34.2 Å². The Bertz CT molecular complexity index is 641. The quantitative estimate of drug-likeness (QED) is 0.266. The van der Waals surface area contributed by atoms with Gasteiger partial charge >= 0.3 is 0 Å². The SMILES string of the molecule is CN=C(NCCCC(C)C)N1CCN(S(=O)(=O)Cc2ccon2)CC1.I. The molecule has 1 fully saturated rings. The van der Waals surface area contributed by atoms with Crippen molar-refractivity contribution in [3.05, 3.63) is 18.0 Å². The highest BCUT2D eigenvalue weighted by Crippen LogP contribution is 2.13. The smallest absolute Gasteiger partial charge is 0.220 e. The fraction of sp³-hybridized carbons (Fsp3) is 0.750. The van der Waals surface area contributed by atoms with Gasteiger partial charge in [-0.3, -0.25) is 4.99 Å². The van der Waals surface area contributed by atoms with E-state index in [9.17, 15) is 8.42 Å². The first-order valence-corrected chi connectivity index (χ1v) is 10.4. The summed E-state index contributed by atoms with van der Waals surface area (Å²) in [6.45, 7) is 7.47. The zero-order valence-electron chi connectivity index (χ0n) is 15.7. The predicted octanol–water partition coefficient (Wildman–Crippen LogP) is 1.75. The Kier molecular flexibility index (Phi) is 9.86. The van der Waals surface area contributed by atoms with Crippen molar-refractivity contribution in [2.75, 3.05) is 39.8 Å². The lowest BCUT2D eigenvalue weighted by Gasteiger charge is -2.35. The first-order chi connectivity index (χ1) is 11.9. The Balaban J connectivity index is 0.00000338. The molecule has 0 spiro atoms. The molecule has 2 heterocycles. The van der Waals surface area contributed by atoms with Gasteiger partial charge < -0.3 is 14.7 Å². The summed E-state index contributed by atoms with van der Waals surface area (Å²) in [7, 11) is -1.61. The fourth-order valence-electron chi connectivity index (χ4n) is 2.81. The second-order valence-electron chi connectivity index (χ2n) is 6.64. The zero-order chi connectivity index (χ0) is 18.3. The number of guanidine groups is 1. The van der Waals surface area contributed by atoms with E-state index in [-0.39, 0.29) is 29.7 Å². The van der Waals surface area contributed by atoms with Gasteiger partial charge in [0.2, 0.25) is 10.0 Å². The Morgan fingerprint density at radius 2 is 2.04 bits per heavy atom. The zero-order valence-corrected chi connectivity index (χ0v) is 18.9. The Labute approximate surface area is 173 Å². The van der Waals surface area contributed by atoms with Crippen molar-refractivity contribution in [3.8, 4) is 0 Å². The molecule has 0 unspecified atom stereocenters. The molecule has 0 amide bonds. The van der Waals surface area contributed by atoms with Crippen LogP contribution in [0.3, 0.4) is 0 Å². The Hall–Kier alpha value is -0.880. The van der Waals surface area contributed by atoms with E-state index in [1.807, 2.05) is 0 Å². The molecule has 0 bridgehead atoms. The third-order valence-electron chi connectivity index (χ3n) is 4.21. The van der Waals surface area contributed by atoms with Crippen LogP contribution in [-0.4, -0.2) is 68.5 Å². The highest BCUT2D eigenvalue weighted by atomic mass is 127.